The number of carbonyl (C=O) groups excluding carboxylic acids is 1. The molecule has 1 fully saturated rings. The molecule has 1 aliphatic heterocycles. The second-order valence-corrected chi connectivity index (χ2v) is 7.80. The first-order valence-corrected chi connectivity index (χ1v) is 10.9. The molecule has 180 valence electrons. The average molecular weight is 574 g/mol. The van der Waals surface area contributed by atoms with Gasteiger partial charge in [0.05, 0.1) is 12.1 Å². The SMILES string of the molecule is CCNC(=NCc1cccc(C(F)(F)F)c1)NCc1ccc(C(=O)N2CCCCC2)cc1.I. The Morgan fingerprint density at radius 1 is 1.00 bits per heavy atom. The van der Waals surface area contributed by atoms with Gasteiger partial charge in [0.15, 0.2) is 5.96 Å². The third kappa shape index (κ3) is 8.21. The molecule has 0 unspecified atom stereocenters. The number of guanidine groups is 1. The highest BCUT2D eigenvalue weighted by Crippen LogP contribution is 2.29. The molecule has 1 heterocycles. The highest BCUT2D eigenvalue weighted by molar-refractivity contribution is 14.0. The summed E-state index contributed by atoms with van der Waals surface area (Å²) in [5, 5.41) is 6.28. The summed E-state index contributed by atoms with van der Waals surface area (Å²) in [4.78, 5) is 18.9. The molecule has 5 nitrogen and oxygen atoms in total. The highest BCUT2D eigenvalue weighted by Gasteiger charge is 2.30. The lowest BCUT2D eigenvalue weighted by Crippen LogP contribution is -2.37. The van der Waals surface area contributed by atoms with Crippen LogP contribution in [0.25, 0.3) is 0 Å². The molecule has 0 saturated carbocycles. The minimum absolute atomic E-state index is 0. The predicted octanol–water partition coefficient (Wildman–Crippen LogP) is 5.20. The number of likely N-dealkylation sites (tertiary alicyclic amines) is 1. The standard InChI is InChI=1S/C24H29F3N4O.HI/c1-2-28-23(30-17-19-7-6-8-21(15-19)24(25,26)27)29-16-18-9-11-20(12-10-18)22(32)31-13-4-3-5-14-31;/h6-12,15H,2-5,13-14,16-17H2,1H3,(H2,28,29,30);1H. The maximum atomic E-state index is 12.9. The number of alkyl halides is 3. The third-order valence-corrected chi connectivity index (χ3v) is 5.32. The van der Waals surface area contributed by atoms with Crippen LogP contribution in [-0.4, -0.2) is 36.4 Å². The van der Waals surface area contributed by atoms with Crippen molar-refractivity contribution >= 4 is 35.8 Å². The van der Waals surface area contributed by atoms with Crippen molar-refractivity contribution in [1.29, 1.82) is 0 Å². The topological polar surface area (TPSA) is 56.7 Å². The summed E-state index contributed by atoms with van der Waals surface area (Å²) in [6, 6.07) is 12.7. The number of hydrogen-bond donors (Lipinski definition) is 2. The first kappa shape index (κ1) is 26.9. The van der Waals surface area contributed by atoms with Gasteiger partial charge in [0.2, 0.25) is 0 Å². The molecule has 2 aromatic carbocycles. The van der Waals surface area contributed by atoms with Crippen LogP contribution in [0, 0.1) is 0 Å². The van der Waals surface area contributed by atoms with Gasteiger partial charge < -0.3 is 15.5 Å². The van der Waals surface area contributed by atoms with Crippen LogP contribution < -0.4 is 10.6 Å². The van der Waals surface area contributed by atoms with E-state index in [2.05, 4.69) is 15.6 Å². The monoisotopic (exact) mass is 574 g/mol. The van der Waals surface area contributed by atoms with E-state index in [0.29, 0.717) is 30.2 Å². The molecular formula is C24H30F3IN4O. The van der Waals surface area contributed by atoms with Gasteiger partial charge in [0, 0.05) is 31.7 Å². The Morgan fingerprint density at radius 3 is 2.33 bits per heavy atom. The molecule has 0 bridgehead atoms. The maximum Gasteiger partial charge on any atom is 0.416 e. The second kappa shape index (κ2) is 12.8. The Bertz CT molecular complexity index is 926. The molecular weight excluding hydrogens is 544 g/mol. The van der Waals surface area contributed by atoms with Crippen molar-refractivity contribution in [3.05, 3.63) is 70.8 Å². The molecule has 33 heavy (non-hydrogen) atoms. The number of aliphatic imine (C=N–C) groups is 1. The summed E-state index contributed by atoms with van der Waals surface area (Å²) in [5.41, 5.74) is 1.46. The van der Waals surface area contributed by atoms with E-state index >= 15 is 0 Å². The van der Waals surface area contributed by atoms with Crippen LogP contribution in [0.15, 0.2) is 53.5 Å². The summed E-state index contributed by atoms with van der Waals surface area (Å²) in [6.45, 7) is 4.78. The zero-order valence-electron chi connectivity index (χ0n) is 18.6. The molecule has 0 spiro atoms. The largest absolute Gasteiger partial charge is 0.416 e. The van der Waals surface area contributed by atoms with Crippen LogP contribution in [0.3, 0.4) is 0 Å². The molecule has 1 aliphatic rings. The van der Waals surface area contributed by atoms with Gasteiger partial charge in [-0.15, -0.1) is 24.0 Å². The molecule has 9 heteroatoms. The van der Waals surface area contributed by atoms with Crippen molar-refractivity contribution in [3.8, 4) is 0 Å². The van der Waals surface area contributed by atoms with Crippen LogP contribution in [-0.2, 0) is 19.3 Å². The number of halogens is 4. The summed E-state index contributed by atoms with van der Waals surface area (Å²) < 4.78 is 38.7. The smallest absolute Gasteiger partial charge is 0.357 e. The second-order valence-electron chi connectivity index (χ2n) is 7.80. The van der Waals surface area contributed by atoms with Gasteiger partial charge in [-0.25, -0.2) is 4.99 Å². The fraction of sp³-hybridized carbons (Fsp3) is 0.417. The number of benzene rings is 2. The van der Waals surface area contributed by atoms with Crippen LogP contribution in [0.2, 0.25) is 0 Å². The van der Waals surface area contributed by atoms with E-state index in [0.717, 1.165) is 43.6 Å². The van der Waals surface area contributed by atoms with E-state index in [4.69, 9.17) is 0 Å². The van der Waals surface area contributed by atoms with Gasteiger partial charge in [-0.05, 0) is 61.6 Å². The van der Waals surface area contributed by atoms with Gasteiger partial charge >= 0.3 is 6.18 Å². The zero-order valence-corrected chi connectivity index (χ0v) is 21.0. The number of carbonyl (C=O) groups is 1. The molecule has 1 saturated heterocycles. The number of piperidine rings is 1. The molecule has 0 atom stereocenters. The van der Waals surface area contributed by atoms with E-state index in [-0.39, 0.29) is 36.4 Å². The Labute approximate surface area is 209 Å². The van der Waals surface area contributed by atoms with Crippen LogP contribution in [0.5, 0.6) is 0 Å². The highest BCUT2D eigenvalue weighted by atomic mass is 127. The van der Waals surface area contributed by atoms with Crippen molar-refractivity contribution in [2.75, 3.05) is 19.6 Å². The van der Waals surface area contributed by atoms with Gasteiger partial charge in [0.25, 0.3) is 5.91 Å². The van der Waals surface area contributed by atoms with E-state index in [1.54, 1.807) is 6.07 Å². The molecule has 0 aliphatic carbocycles. The Kier molecular flexibility index (Phi) is 10.5. The Morgan fingerprint density at radius 2 is 1.70 bits per heavy atom. The molecule has 3 rings (SSSR count). The lowest BCUT2D eigenvalue weighted by molar-refractivity contribution is -0.137. The fourth-order valence-corrected chi connectivity index (χ4v) is 3.59. The summed E-state index contributed by atoms with van der Waals surface area (Å²) >= 11 is 0. The summed E-state index contributed by atoms with van der Waals surface area (Å²) in [5.74, 6) is 0.582. The number of rotatable bonds is 6. The number of amides is 1. The molecule has 2 N–H and O–H groups in total. The van der Waals surface area contributed by atoms with E-state index in [1.807, 2.05) is 36.1 Å². The van der Waals surface area contributed by atoms with Crippen molar-refractivity contribution in [2.45, 2.75) is 45.5 Å². The summed E-state index contributed by atoms with van der Waals surface area (Å²) in [6.07, 6.45) is -1.08. The zero-order chi connectivity index (χ0) is 23.0. The maximum absolute atomic E-state index is 12.9. The average Bonchev–Trinajstić information content (AvgIpc) is 2.81. The normalized spacial score (nSPS) is 14.4. The van der Waals surface area contributed by atoms with Crippen molar-refractivity contribution in [2.24, 2.45) is 4.99 Å². The van der Waals surface area contributed by atoms with Gasteiger partial charge in [-0.2, -0.15) is 13.2 Å². The lowest BCUT2D eigenvalue weighted by atomic mass is 10.1. The minimum Gasteiger partial charge on any atom is -0.357 e. The van der Waals surface area contributed by atoms with E-state index in [9.17, 15) is 18.0 Å². The first-order chi connectivity index (χ1) is 15.4. The molecule has 0 aromatic heterocycles. The molecule has 0 radical (unpaired) electrons. The van der Waals surface area contributed by atoms with Gasteiger partial charge in [-0.1, -0.05) is 24.3 Å². The predicted molar refractivity (Wildman–Crippen MR) is 135 cm³/mol. The van der Waals surface area contributed by atoms with Crippen LogP contribution >= 0.6 is 24.0 Å². The number of hydrogen-bond acceptors (Lipinski definition) is 2. The summed E-state index contributed by atoms with van der Waals surface area (Å²) in [7, 11) is 0. The number of nitrogens with one attached hydrogen (secondary N) is 2. The van der Waals surface area contributed by atoms with Gasteiger partial charge in [-0.3, -0.25) is 4.79 Å². The lowest BCUT2D eigenvalue weighted by Gasteiger charge is -2.26. The van der Waals surface area contributed by atoms with Crippen LogP contribution in [0.4, 0.5) is 13.2 Å². The third-order valence-electron chi connectivity index (χ3n) is 5.32. The Hall–Kier alpha value is -2.30. The van der Waals surface area contributed by atoms with Crippen molar-refractivity contribution in [1.82, 2.24) is 15.5 Å². The molecule has 1 amide bonds. The Balaban J connectivity index is 0.00000385. The van der Waals surface area contributed by atoms with Crippen molar-refractivity contribution in [3.63, 3.8) is 0 Å². The first-order valence-electron chi connectivity index (χ1n) is 10.9. The molecule has 2 aromatic rings. The van der Waals surface area contributed by atoms with Crippen molar-refractivity contribution < 1.29 is 18.0 Å². The quantitative estimate of drug-likeness (QED) is 0.283. The fourth-order valence-electron chi connectivity index (χ4n) is 3.59. The van der Waals surface area contributed by atoms with Crippen LogP contribution in [0.1, 0.15) is 53.2 Å². The van der Waals surface area contributed by atoms with E-state index in [1.165, 1.54) is 12.5 Å². The van der Waals surface area contributed by atoms with Gasteiger partial charge in [0.1, 0.15) is 0 Å². The number of nitrogens with zero attached hydrogens (tertiary/aromatic N) is 2. The van der Waals surface area contributed by atoms with E-state index < -0.39 is 11.7 Å². The minimum atomic E-state index is -4.37.